The molecule has 1 saturated carbocycles. The number of piperidine rings is 1. The van der Waals surface area contributed by atoms with Crippen molar-refractivity contribution in [2.75, 3.05) is 19.6 Å². The number of hydrogen-bond donors (Lipinski definition) is 1. The summed E-state index contributed by atoms with van der Waals surface area (Å²) in [5.41, 5.74) is 7.94. The van der Waals surface area contributed by atoms with E-state index < -0.39 is 0 Å². The molecule has 2 aliphatic rings. The Morgan fingerprint density at radius 3 is 2.29 bits per heavy atom. The summed E-state index contributed by atoms with van der Waals surface area (Å²) in [6, 6.07) is 10.5. The summed E-state index contributed by atoms with van der Waals surface area (Å²) < 4.78 is 0. The van der Waals surface area contributed by atoms with E-state index in [1.165, 1.54) is 57.2 Å². The van der Waals surface area contributed by atoms with Crippen LogP contribution in [-0.2, 0) is 0 Å². The highest BCUT2D eigenvalue weighted by Gasteiger charge is 2.37. The Kier molecular flexibility index (Phi) is 4.60. The van der Waals surface area contributed by atoms with Crippen LogP contribution in [0.15, 0.2) is 30.3 Å². The molecule has 1 saturated heterocycles. The zero-order valence-electron chi connectivity index (χ0n) is 12.8. The quantitative estimate of drug-likeness (QED) is 0.860. The predicted molar refractivity (Wildman–Crippen MR) is 92.5 cm³/mol. The second kappa shape index (κ2) is 6.45. The first-order valence-electron chi connectivity index (χ1n) is 8.25. The molecule has 2 fully saturated rings. The first-order valence-corrected chi connectivity index (χ1v) is 8.66. The van der Waals surface area contributed by atoms with Gasteiger partial charge in [-0.1, -0.05) is 55.4 Å². The fourth-order valence-corrected chi connectivity index (χ4v) is 4.35. The van der Waals surface area contributed by atoms with Crippen LogP contribution >= 0.6 is 12.2 Å². The number of nitrogens with zero attached hydrogens (tertiary/aromatic N) is 1. The lowest BCUT2D eigenvalue weighted by Crippen LogP contribution is -2.42. The van der Waals surface area contributed by atoms with Crippen LogP contribution in [0.1, 0.15) is 50.0 Å². The predicted octanol–water partition coefficient (Wildman–Crippen LogP) is 3.71. The van der Waals surface area contributed by atoms with Crippen LogP contribution in [0, 0.1) is 5.41 Å². The highest BCUT2D eigenvalue weighted by atomic mass is 32.1. The molecular formula is C18H26N2S. The molecule has 1 aliphatic heterocycles. The van der Waals surface area contributed by atoms with Gasteiger partial charge in [0, 0.05) is 12.5 Å². The van der Waals surface area contributed by atoms with Gasteiger partial charge in [-0.3, -0.25) is 0 Å². The highest BCUT2D eigenvalue weighted by molar-refractivity contribution is 7.80. The molecule has 1 aromatic rings. The van der Waals surface area contributed by atoms with Crippen molar-refractivity contribution in [3.63, 3.8) is 0 Å². The maximum absolute atomic E-state index is 6.01. The van der Waals surface area contributed by atoms with E-state index in [0.29, 0.717) is 10.4 Å². The normalized spacial score (nSPS) is 23.2. The topological polar surface area (TPSA) is 29.3 Å². The number of benzene rings is 1. The van der Waals surface area contributed by atoms with E-state index >= 15 is 0 Å². The molecule has 1 aromatic carbocycles. The molecule has 1 atom stereocenters. The second-order valence-corrected chi connectivity index (χ2v) is 7.34. The number of likely N-dealkylation sites (tertiary alicyclic amines) is 1. The lowest BCUT2D eigenvalue weighted by atomic mass is 9.77. The molecule has 3 rings (SSSR count). The smallest absolute Gasteiger partial charge is 0.0816 e. The van der Waals surface area contributed by atoms with Gasteiger partial charge in [0.15, 0.2) is 0 Å². The average Bonchev–Trinajstić information content (AvgIpc) is 2.96. The summed E-state index contributed by atoms with van der Waals surface area (Å²) in [6.07, 6.45) is 8.53. The van der Waals surface area contributed by atoms with E-state index in [0.717, 1.165) is 6.54 Å². The van der Waals surface area contributed by atoms with Crippen LogP contribution in [0.2, 0.25) is 0 Å². The molecule has 2 N–H and O–H groups in total. The molecule has 0 amide bonds. The molecule has 3 heteroatoms. The number of nitrogens with two attached hydrogens (primary N) is 1. The summed E-state index contributed by atoms with van der Waals surface area (Å²) >= 11 is 5.32. The van der Waals surface area contributed by atoms with E-state index in [9.17, 15) is 0 Å². The summed E-state index contributed by atoms with van der Waals surface area (Å²) in [5.74, 6) is 0.193. The Morgan fingerprint density at radius 1 is 1.10 bits per heavy atom. The van der Waals surface area contributed by atoms with Gasteiger partial charge < -0.3 is 10.6 Å². The van der Waals surface area contributed by atoms with E-state index in [-0.39, 0.29) is 5.92 Å². The molecule has 21 heavy (non-hydrogen) atoms. The molecule has 114 valence electrons. The van der Waals surface area contributed by atoms with Crippen LogP contribution in [0.25, 0.3) is 0 Å². The minimum Gasteiger partial charge on any atom is -0.393 e. The van der Waals surface area contributed by atoms with Gasteiger partial charge in [0.2, 0.25) is 0 Å². The second-order valence-electron chi connectivity index (χ2n) is 6.87. The molecule has 0 aromatic heterocycles. The Morgan fingerprint density at radius 2 is 1.71 bits per heavy atom. The molecular weight excluding hydrogens is 276 g/mol. The van der Waals surface area contributed by atoms with Gasteiger partial charge in [0.1, 0.15) is 0 Å². The van der Waals surface area contributed by atoms with Crippen molar-refractivity contribution >= 4 is 17.2 Å². The van der Waals surface area contributed by atoms with Gasteiger partial charge in [-0.2, -0.15) is 0 Å². The van der Waals surface area contributed by atoms with Crippen molar-refractivity contribution in [3.8, 4) is 0 Å². The fraction of sp³-hybridized carbons (Fsp3) is 0.611. The number of thiocarbonyl (C=S) groups is 1. The van der Waals surface area contributed by atoms with Gasteiger partial charge in [0.05, 0.1) is 4.99 Å². The van der Waals surface area contributed by atoms with Gasteiger partial charge in [-0.25, -0.2) is 0 Å². The monoisotopic (exact) mass is 302 g/mol. The van der Waals surface area contributed by atoms with Crippen molar-refractivity contribution in [3.05, 3.63) is 35.9 Å². The SMILES string of the molecule is NC(=S)C(CN1CCC2(CCCC2)CC1)c1ccccc1. The Labute approximate surface area is 133 Å². The standard InChI is InChI=1S/C18H26N2S/c19-17(21)16(15-6-2-1-3-7-15)14-20-12-10-18(11-13-20)8-4-5-9-18/h1-3,6-7,16H,4-5,8-14H2,(H2,19,21). The third-order valence-corrected chi connectivity index (χ3v) is 5.85. The average molecular weight is 302 g/mol. The maximum atomic E-state index is 6.01. The summed E-state index contributed by atoms with van der Waals surface area (Å²) in [4.78, 5) is 3.20. The van der Waals surface area contributed by atoms with Gasteiger partial charge in [0.25, 0.3) is 0 Å². The van der Waals surface area contributed by atoms with Crippen molar-refractivity contribution in [2.24, 2.45) is 11.1 Å². The number of hydrogen-bond acceptors (Lipinski definition) is 2. The maximum Gasteiger partial charge on any atom is 0.0816 e. The lowest BCUT2D eigenvalue weighted by molar-refractivity contribution is 0.108. The Hall–Kier alpha value is -0.930. The van der Waals surface area contributed by atoms with Crippen molar-refractivity contribution in [1.29, 1.82) is 0 Å². The molecule has 0 radical (unpaired) electrons. The minimum absolute atomic E-state index is 0.193. The molecule has 1 spiro atoms. The Bertz CT molecular complexity index is 469. The van der Waals surface area contributed by atoms with Crippen molar-refractivity contribution in [1.82, 2.24) is 4.90 Å². The molecule has 1 aliphatic carbocycles. The largest absolute Gasteiger partial charge is 0.393 e. The fourth-order valence-electron chi connectivity index (χ4n) is 4.14. The summed E-state index contributed by atoms with van der Waals surface area (Å²) in [6.45, 7) is 3.41. The first-order chi connectivity index (χ1) is 10.2. The van der Waals surface area contributed by atoms with Crippen LogP contribution in [0.4, 0.5) is 0 Å². The van der Waals surface area contributed by atoms with Crippen molar-refractivity contribution in [2.45, 2.75) is 44.4 Å². The van der Waals surface area contributed by atoms with E-state index in [4.69, 9.17) is 18.0 Å². The third-order valence-electron chi connectivity index (χ3n) is 5.57. The highest BCUT2D eigenvalue weighted by Crippen LogP contribution is 2.46. The molecule has 1 heterocycles. The lowest BCUT2D eigenvalue weighted by Gasteiger charge is -2.40. The molecule has 1 unspecified atom stereocenters. The minimum atomic E-state index is 0.193. The van der Waals surface area contributed by atoms with E-state index in [1.54, 1.807) is 0 Å². The summed E-state index contributed by atoms with van der Waals surface area (Å²) in [5, 5.41) is 0. The van der Waals surface area contributed by atoms with Crippen LogP contribution in [0.3, 0.4) is 0 Å². The van der Waals surface area contributed by atoms with Crippen LogP contribution < -0.4 is 5.73 Å². The van der Waals surface area contributed by atoms with E-state index in [1.807, 2.05) is 6.07 Å². The van der Waals surface area contributed by atoms with Crippen LogP contribution in [0.5, 0.6) is 0 Å². The third kappa shape index (κ3) is 3.46. The van der Waals surface area contributed by atoms with Crippen molar-refractivity contribution < 1.29 is 0 Å². The van der Waals surface area contributed by atoms with Gasteiger partial charge >= 0.3 is 0 Å². The summed E-state index contributed by atoms with van der Waals surface area (Å²) in [7, 11) is 0. The zero-order chi connectivity index (χ0) is 14.7. The Balaban J connectivity index is 1.61. The zero-order valence-corrected chi connectivity index (χ0v) is 13.6. The van der Waals surface area contributed by atoms with Gasteiger partial charge in [-0.05, 0) is 49.8 Å². The number of rotatable bonds is 4. The molecule has 0 bridgehead atoms. The first kappa shape index (κ1) is 15.0. The van der Waals surface area contributed by atoms with Gasteiger partial charge in [-0.15, -0.1) is 0 Å². The molecule has 2 nitrogen and oxygen atoms in total. The van der Waals surface area contributed by atoms with Crippen LogP contribution in [-0.4, -0.2) is 29.5 Å². The van der Waals surface area contributed by atoms with E-state index in [2.05, 4.69) is 29.2 Å².